The zero-order chi connectivity index (χ0) is 13.6. The van der Waals surface area contributed by atoms with Gasteiger partial charge in [-0.1, -0.05) is 17.7 Å². The van der Waals surface area contributed by atoms with Gasteiger partial charge in [-0.2, -0.15) is 0 Å². The van der Waals surface area contributed by atoms with Crippen molar-refractivity contribution in [1.82, 2.24) is 15.0 Å². The van der Waals surface area contributed by atoms with Gasteiger partial charge in [-0.05, 0) is 12.1 Å². The third-order valence-electron chi connectivity index (χ3n) is 2.62. The van der Waals surface area contributed by atoms with Crippen LogP contribution in [0.15, 0.2) is 30.3 Å². The lowest BCUT2D eigenvalue weighted by Gasteiger charge is -2.05. The Morgan fingerprint density at radius 2 is 1.68 bits per heavy atom. The summed E-state index contributed by atoms with van der Waals surface area (Å²) in [5.41, 5.74) is 0.959. The summed E-state index contributed by atoms with van der Waals surface area (Å²) in [6, 6.07) is 7.27. The van der Waals surface area contributed by atoms with Gasteiger partial charge in [0.1, 0.15) is 16.8 Å². The molecule has 0 saturated carbocycles. The minimum atomic E-state index is -0.339. The molecule has 96 valence electrons. The lowest BCUT2D eigenvalue weighted by molar-refractivity contribution is 0.420. The van der Waals surface area contributed by atoms with Crippen molar-refractivity contribution in [3.05, 3.63) is 35.4 Å². The van der Waals surface area contributed by atoms with Crippen LogP contribution in [0.1, 0.15) is 0 Å². The van der Waals surface area contributed by atoms with Crippen LogP contribution < -0.4 is 0 Å². The Morgan fingerprint density at radius 3 is 2.32 bits per heavy atom. The minimum absolute atomic E-state index is 0.0231. The van der Waals surface area contributed by atoms with Gasteiger partial charge in [0.2, 0.25) is 0 Å². The van der Waals surface area contributed by atoms with Crippen molar-refractivity contribution >= 4 is 22.6 Å². The number of aromatic nitrogens is 3. The molecular weight excluding hydrogens is 270 g/mol. The molecule has 1 heterocycles. The lowest BCUT2D eigenvalue weighted by Crippen LogP contribution is -1.99. The first-order valence-corrected chi connectivity index (χ1v) is 5.71. The maximum Gasteiger partial charge on any atom is 0.169 e. The number of halogens is 1. The highest BCUT2D eigenvalue weighted by atomic mass is 35.5. The van der Waals surface area contributed by atoms with Crippen LogP contribution in [0.25, 0.3) is 16.7 Å². The highest BCUT2D eigenvalue weighted by Crippen LogP contribution is 2.35. The van der Waals surface area contributed by atoms with Crippen LogP contribution in [0.2, 0.25) is 5.02 Å². The van der Waals surface area contributed by atoms with Crippen molar-refractivity contribution in [3.8, 4) is 22.9 Å². The van der Waals surface area contributed by atoms with Crippen LogP contribution in [0.4, 0.5) is 0 Å². The molecule has 0 aliphatic carbocycles. The van der Waals surface area contributed by atoms with Crippen molar-refractivity contribution in [2.24, 2.45) is 0 Å². The SMILES string of the molecule is Oc1cc(O)c(-n2nc3cccc(Cl)c3n2)c(O)c1. The standard InChI is InChI=1S/C12H8ClN3O3/c13-7-2-1-3-8-11(7)15-16(14-8)12-9(18)4-6(17)5-10(12)19/h1-5,17-19H. The molecule has 0 fully saturated rings. The van der Waals surface area contributed by atoms with Gasteiger partial charge in [-0.15, -0.1) is 15.0 Å². The number of hydrogen-bond acceptors (Lipinski definition) is 5. The fourth-order valence-electron chi connectivity index (χ4n) is 1.80. The molecule has 0 radical (unpaired) electrons. The number of benzene rings is 2. The summed E-state index contributed by atoms with van der Waals surface area (Å²) in [5, 5.41) is 37.4. The van der Waals surface area contributed by atoms with Crippen molar-refractivity contribution < 1.29 is 15.3 Å². The maximum atomic E-state index is 9.77. The summed E-state index contributed by atoms with van der Waals surface area (Å²) in [6.45, 7) is 0. The first kappa shape index (κ1) is 11.6. The third kappa shape index (κ3) is 1.82. The predicted octanol–water partition coefficient (Wildman–Crippen LogP) is 2.19. The van der Waals surface area contributed by atoms with E-state index in [9.17, 15) is 15.3 Å². The molecule has 2 aromatic carbocycles. The van der Waals surface area contributed by atoms with Crippen LogP contribution in [-0.4, -0.2) is 30.3 Å². The van der Waals surface area contributed by atoms with Gasteiger partial charge >= 0.3 is 0 Å². The van der Waals surface area contributed by atoms with E-state index >= 15 is 0 Å². The zero-order valence-corrected chi connectivity index (χ0v) is 10.2. The Kier molecular flexibility index (Phi) is 2.46. The monoisotopic (exact) mass is 277 g/mol. The number of phenols is 3. The first-order chi connectivity index (χ1) is 9.06. The topological polar surface area (TPSA) is 91.4 Å². The molecule has 0 unspecified atom stereocenters. The van der Waals surface area contributed by atoms with Gasteiger partial charge in [0.25, 0.3) is 0 Å². The number of aromatic hydroxyl groups is 3. The van der Waals surface area contributed by atoms with E-state index in [1.54, 1.807) is 18.2 Å². The van der Waals surface area contributed by atoms with Crippen LogP contribution >= 0.6 is 11.6 Å². The van der Waals surface area contributed by atoms with Gasteiger partial charge in [-0.25, -0.2) is 0 Å². The molecule has 3 aromatic rings. The summed E-state index contributed by atoms with van der Waals surface area (Å²) in [6.07, 6.45) is 0. The van der Waals surface area contributed by atoms with E-state index in [0.29, 0.717) is 16.1 Å². The second-order valence-electron chi connectivity index (χ2n) is 3.93. The highest BCUT2D eigenvalue weighted by molar-refractivity contribution is 6.34. The Labute approximate surface area is 112 Å². The zero-order valence-electron chi connectivity index (χ0n) is 9.45. The normalized spacial score (nSPS) is 11.0. The van der Waals surface area contributed by atoms with Crippen molar-refractivity contribution in [2.75, 3.05) is 0 Å². The molecule has 0 aliphatic rings. The molecule has 0 saturated heterocycles. The summed E-state index contributed by atoms with van der Waals surface area (Å²) >= 11 is 5.98. The fraction of sp³-hybridized carbons (Fsp3) is 0. The molecule has 0 spiro atoms. The predicted molar refractivity (Wildman–Crippen MR) is 68.9 cm³/mol. The van der Waals surface area contributed by atoms with E-state index in [1.165, 1.54) is 0 Å². The molecule has 19 heavy (non-hydrogen) atoms. The molecule has 6 nitrogen and oxygen atoms in total. The Bertz CT molecular complexity index is 762. The molecule has 0 atom stereocenters. The van der Waals surface area contributed by atoms with E-state index in [1.807, 2.05) is 0 Å². The van der Waals surface area contributed by atoms with Crippen molar-refractivity contribution in [3.63, 3.8) is 0 Å². The van der Waals surface area contributed by atoms with Gasteiger partial charge in [-0.3, -0.25) is 0 Å². The molecule has 3 rings (SSSR count). The summed E-state index contributed by atoms with van der Waals surface area (Å²) in [7, 11) is 0. The smallest absolute Gasteiger partial charge is 0.169 e. The van der Waals surface area contributed by atoms with Gasteiger partial charge in [0, 0.05) is 12.1 Å². The largest absolute Gasteiger partial charge is 0.508 e. The molecule has 1 aromatic heterocycles. The summed E-state index contributed by atoms with van der Waals surface area (Å²) < 4.78 is 0. The number of nitrogens with zero attached hydrogens (tertiary/aromatic N) is 3. The highest BCUT2D eigenvalue weighted by Gasteiger charge is 2.15. The van der Waals surface area contributed by atoms with Crippen LogP contribution in [0, 0.1) is 0 Å². The number of hydrogen-bond donors (Lipinski definition) is 3. The average molecular weight is 278 g/mol. The van der Waals surface area contributed by atoms with E-state index in [-0.39, 0.29) is 22.9 Å². The van der Waals surface area contributed by atoms with Crippen molar-refractivity contribution in [2.45, 2.75) is 0 Å². The Balaban J connectivity index is 2.28. The molecule has 0 aliphatic heterocycles. The van der Waals surface area contributed by atoms with Crippen molar-refractivity contribution in [1.29, 1.82) is 0 Å². The molecule has 3 N–H and O–H groups in total. The number of rotatable bonds is 1. The average Bonchev–Trinajstić information content (AvgIpc) is 2.72. The second-order valence-corrected chi connectivity index (χ2v) is 4.34. The lowest BCUT2D eigenvalue weighted by atomic mass is 10.2. The quantitative estimate of drug-likeness (QED) is 0.634. The van der Waals surface area contributed by atoms with E-state index in [2.05, 4.69) is 10.2 Å². The second kappa shape index (κ2) is 4.03. The maximum absolute atomic E-state index is 9.77. The van der Waals surface area contributed by atoms with Gasteiger partial charge in [0.05, 0.1) is 5.02 Å². The third-order valence-corrected chi connectivity index (χ3v) is 2.92. The molecule has 0 amide bonds. The molecule has 7 heteroatoms. The molecular formula is C12H8ClN3O3. The first-order valence-electron chi connectivity index (χ1n) is 5.33. The summed E-state index contributed by atoms with van der Waals surface area (Å²) in [4.78, 5) is 1.07. The summed E-state index contributed by atoms with van der Waals surface area (Å²) in [5.74, 6) is -0.934. The number of phenolic OH excluding ortho intramolecular Hbond substituents is 3. The minimum Gasteiger partial charge on any atom is -0.508 e. The van der Waals surface area contributed by atoms with E-state index < -0.39 is 0 Å². The van der Waals surface area contributed by atoms with Gasteiger partial charge < -0.3 is 15.3 Å². The van der Waals surface area contributed by atoms with E-state index in [4.69, 9.17) is 11.6 Å². The number of fused-ring (bicyclic) bond motifs is 1. The van der Waals surface area contributed by atoms with Crippen LogP contribution in [0.3, 0.4) is 0 Å². The van der Waals surface area contributed by atoms with Gasteiger partial charge in [0.15, 0.2) is 17.2 Å². The van der Waals surface area contributed by atoms with Crippen LogP contribution in [-0.2, 0) is 0 Å². The fourth-order valence-corrected chi connectivity index (χ4v) is 2.00. The van der Waals surface area contributed by atoms with Crippen LogP contribution in [0.5, 0.6) is 17.2 Å². The Morgan fingerprint density at radius 1 is 1.00 bits per heavy atom. The van der Waals surface area contributed by atoms with E-state index in [0.717, 1.165) is 16.9 Å². The Hall–Kier alpha value is -2.47. The molecule has 0 bridgehead atoms.